The molecule has 3 aliphatic heterocycles. The highest BCUT2D eigenvalue weighted by atomic mass is 16.5. The van der Waals surface area contributed by atoms with Gasteiger partial charge in [0.25, 0.3) is 0 Å². The molecule has 3 fully saturated rings. The van der Waals surface area contributed by atoms with Gasteiger partial charge in [-0.25, -0.2) is 0 Å². The molecule has 0 saturated carbocycles. The molecule has 1 aromatic heterocycles. The molecular formula is C36H49N2O3+. The van der Waals surface area contributed by atoms with Crippen molar-refractivity contribution in [3.63, 3.8) is 0 Å². The Labute approximate surface area is 246 Å². The van der Waals surface area contributed by atoms with E-state index in [-0.39, 0.29) is 16.9 Å². The summed E-state index contributed by atoms with van der Waals surface area (Å²) in [6.45, 7) is 20.8. The second kappa shape index (κ2) is 10.7. The minimum atomic E-state index is -0.608. The van der Waals surface area contributed by atoms with Gasteiger partial charge in [-0.1, -0.05) is 47.6 Å². The summed E-state index contributed by atoms with van der Waals surface area (Å²) in [7, 11) is 3.48. The van der Waals surface area contributed by atoms with Crippen LogP contribution in [0.2, 0.25) is 0 Å². The number of hydrogen-bond acceptors (Lipinski definition) is 4. The third kappa shape index (κ3) is 5.39. The number of hydrogen-bond donors (Lipinski definition) is 1. The van der Waals surface area contributed by atoms with Gasteiger partial charge in [-0.05, 0) is 58.7 Å². The SMILES string of the molecule is C=C[C@H]1C[N+]2(Cc3cc(C(C)(C)C)c(OC)c(C(C)(C)C)c3)CCC1C[C@H]2[C@H](O)c1ccnc2ccc(OC)cc12. The van der Waals surface area contributed by atoms with Crippen LogP contribution in [0.5, 0.6) is 11.5 Å². The zero-order valence-electron chi connectivity index (χ0n) is 26.3. The van der Waals surface area contributed by atoms with Crippen molar-refractivity contribution in [3.05, 3.63) is 77.5 Å². The first-order chi connectivity index (χ1) is 19.3. The summed E-state index contributed by atoms with van der Waals surface area (Å²) in [4.78, 5) is 4.59. The van der Waals surface area contributed by atoms with E-state index in [0.717, 1.165) is 58.5 Å². The lowest BCUT2D eigenvalue weighted by Gasteiger charge is -2.58. The van der Waals surface area contributed by atoms with E-state index in [1.807, 2.05) is 30.5 Å². The molecule has 0 aliphatic carbocycles. The lowest BCUT2D eigenvalue weighted by Crippen LogP contribution is -2.67. The zero-order chi connectivity index (χ0) is 29.7. The second-order valence-corrected chi connectivity index (χ2v) is 14.5. The number of aromatic nitrogens is 1. The van der Waals surface area contributed by atoms with Crippen LogP contribution >= 0.6 is 0 Å². The van der Waals surface area contributed by atoms with Gasteiger partial charge in [0.2, 0.25) is 0 Å². The van der Waals surface area contributed by atoms with Crippen molar-refractivity contribution in [3.8, 4) is 11.5 Å². The Balaban J connectivity index is 1.63. The minimum absolute atomic E-state index is 0.0617. The number of benzene rings is 2. The van der Waals surface area contributed by atoms with Gasteiger partial charge in [0.05, 0.1) is 32.8 Å². The molecule has 220 valence electrons. The predicted molar refractivity (Wildman–Crippen MR) is 168 cm³/mol. The molecule has 0 radical (unpaired) electrons. The Morgan fingerprint density at radius 1 is 1.02 bits per heavy atom. The Hall–Kier alpha value is -2.89. The van der Waals surface area contributed by atoms with Gasteiger partial charge in [-0.15, -0.1) is 6.58 Å². The number of nitrogens with zero attached hydrogens (tertiary/aromatic N) is 2. The topological polar surface area (TPSA) is 51.6 Å². The summed E-state index contributed by atoms with van der Waals surface area (Å²) < 4.78 is 12.5. The Kier molecular flexibility index (Phi) is 7.76. The van der Waals surface area contributed by atoms with Gasteiger partial charge in [0.15, 0.2) is 0 Å². The van der Waals surface area contributed by atoms with Gasteiger partial charge < -0.3 is 19.1 Å². The fourth-order valence-corrected chi connectivity index (χ4v) is 7.60. The smallest absolute Gasteiger partial charge is 0.131 e. The number of ether oxygens (including phenoxy) is 2. The third-order valence-corrected chi connectivity index (χ3v) is 9.81. The normalized spacial score (nSPS) is 25.2. The Bertz CT molecular complexity index is 1400. The molecule has 5 heteroatoms. The van der Waals surface area contributed by atoms with E-state index in [0.29, 0.717) is 11.8 Å². The number of rotatable bonds is 7. The summed E-state index contributed by atoms with van der Waals surface area (Å²) in [6.07, 6.45) is 5.54. The third-order valence-electron chi connectivity index (χ3n) is 9.81. The maximum absolute atomic E-state index is 12.3. The highest BCUT2D eigenvalue weighted by molar-refractivity contribution is 5.84. The number of methoxy groups -OCH3 is 2. The fourth-order valence-electron chi connectivity index (χ4n) is 7.60. The van der Waals surface area contributed by atoms with E-state index in [9.17, 15) is 5.11 Å². The van der Waals surface area contributed by atoms with Gasteiger partial charge in [0, 0.05) is 47.0 Å². The number of fused-ring (bicyclic) bond motifs is 4. The molecule has 3 aromatic rings. The van der Waals surface area contributed by atoms with E-state index >= 15 is 0 Å². The van der Waals surface area contributed by atoms with Crippen LogP contribution in [-0.2, 0) is 17.4 Å². The van der Waals surface area contributed by atoms with Crippen LogP contribution in [0.4, 0.5) is 0 Å². The number of piperidine rings is 3. The molecule has 0 spiro atoms. The molecule has 5 atom stereocenters. The standard InChI is InChI=1S/C36H49N2O3/c1-10-24-22-38(21-23-17-29(35(2,3)4)34(41-9)30(18-23)36(5,6)7)16-14-25(24)19-32(38)33(39)27-13-15-37-31-12-11-26(40-8)20-28(27)31/h10-13,15,17-18,20,24-25,32-33,39H,1,14,16,19,21-22H2,2-9H3/q+1/t24-,25?,32-,33+,38?/m0/s1. The summed E-state index contributed by atoms with van der Waals surface area (Å²) in [6, 6.07) is 12.8. The molecule has 0 amide bonds. The summed E-state index contributed by atoms with van der Waals surface area (Å²) in [5.74, 6) is 2.80. The predicted octanol–water partition coefficient (Wildman–Crippen LogP) is 7.49. The van der Waals surface area contributed by atoms with Crippen LogP contribution in [0.1, 0.15) is 82.7 Å². The number of aliphatic hydroxyl groups excluding tert-OH is 1. The lowest BCUT2D eigenvalue weighted by atomic mass is 9.70. The number of pyridine rings is 1. The molecule has 4 heterocycles. The fraction of sp³-hybridized carbons (Fsp3) is 0.528. The number of aliphatic hydroxyl groups is 1. The molecule has 2 unspecified atom stereocenters. The van der Waals surface area contributed by atoms with E-state index in [1.54, 1.807) is 14.2 Å². The molecule has 2 aromatic carbocycles. The molecular weight excluding hydrogens is 508 g/mol. The Morgan fingerprint density at radius 3 is 2.29 bits per heavy atom. The molecule has 1 N–H and O–H groups in total. The summed E-state index contributed by atoms with van der Waals surface area (Å²) >= 11 is 0. The monoisotopic (exact) mass is 557 g/mol. The van der Waals surface area contributed by atoms with E-state index in [1.165, 1.54) is 23.1 Å². The quantitative estimate of drug-likeness (QED) is 0.242. The highest BCUT2D eigenvalue weighted by Crippen LogP contribution is 2.49. The molecule has 2 bridgehead atoms. The van der Waals surface area contributed by atoms with Gasteiger partial charge in [-0.2, -0.15) is 0 Å². The van der Waals surface area contributed by atoms with Crippen molar-refractivity contribution in [1.82, 2.24) is 4.98 Å². The van der Waals surface area contributed by atoms with Crippen molar-refractivity contribution in [2.45, 2.75) is 83.9 Å². The largest absolute Gasteiger partial charge is 0.497 e. The van der Waals surface area contributed by atoms with Crippen molar-refractivity contribution < 1.29 is 19.1 Å². The maximum atomic E-state index is 12.3. The van der Waals surface area contributed by atoms with Crippen molar-refractivity contribution in [2.24, 2.45) is 11.8 Å². The maximum Gasteiger partial charge on any atom is 0.131 e. The van der Waals surface area contributed by atoms with Gasteiger partial charge >= 0.3 is 0 Å². The highest BCUT2D eigenvalue weighted by Gasteiger charge is 2.54. The first-order valence-corrected chi connectivity index (χ1v) is 15.1. The number of quaternary nitrogens is 1. The lowest BCUT2D eigenvalue weighted by molar-refractivity contribution is -0.984. The van der Waals surface area contributed by atoms with Crippen molar-refractivity contribution >= 4 is 10.9 Å². The van der Waals surface area contributed by atoms with Crippen LogP contribution in [0, 0.1) is 11.8 Å². The second-order valence-electron chi connectivity index (χ2n) is 14.5. The van der Waals surface area contributed by atoms with Crippen LogP contribution in [0.3, 0.4) is 0 Å². The molecule has 6 rings (SSSR count). The van der Waals surface area contributed by atoms with Crippen molar-refractivity contribution in [2.75, 3.05) is 27.3 Å². The van der Waals surface area contributed by atoms with Gasteiger partial charge in [0.1, 0.15) is 30.2 Å². The minimum Gasteiger partial charge on any atom is -0.497 e. The molecule has 41 heavy (non-hydrogen) atoms. The van der Waals surface area contributed by atoms with Crippen molar-refractivity contribution in [1.29, 1.82) is 0 Å². The molecule has 5 nitrogen and oxygen atoms in total. The van der Waals surface area contributed by atoms with E-state index in [4.69, 9.17) is 9.47 Å². The molecule has 3 aliphatic rings. The van der Waals surface area contributed by atoms with E-state index in [2.05, 4.69) is 71.3 Å². The average molecular weight is 558 g/mol. The van der Waals surface area contributed by atoms with Gasteiger partial charge in [-0.3, -0.25) is 4.98 Å². The first kappa shape index (κ1) is 29.6. The van der Waals surface area contributed by atoms with Crippen LogP contribution in [0.25, 0.3) is 10.9 Å². The first-order valence-electron chi connectivity index (χ1n) is 15.1. The zero-order valence-corrected chi connectivity index (χ0v) is 26.3. The molecule has 3 saturated heterocycles. The Morgan fingerprint density at radius 2 is 1.71 bits per heavy atom. The average Bonchev–Trinajstić information content (AvgIpc) is 2.94. The summed E-state index contributed by atoms with van der Waals surface area (Å²) in [5, 5.41) is 13.2. The van der Waals surface area contributed by atoms with Crippen LogP contribution in [-0.4, -0.2) is 47.9 Å². The van der Waals surface area contributed by atoms with E-state index < -0.39 is 6.10 Å². The van der Waals surface area contributed by atoms with Crippen LogP contribution in [0.15, 0.2) is 55.3 Å². The van der Waals surface area contributed by atoms with Crippen LogP contribution < -0.4 is 9.47 Å². The summed E-state index contributed by atoms with van der Waals surface area (Å²) in [5.41, 5.74) is 5.52.